The molecule has 2 aromatic carbocycles. The van der Waals surface area contributed by atoms with Gasteiger partial charge in [0, 0.05) is 22.8 Å². The fourth-order valence-electron chi connectivity index (χ4n) is 3.22. The molecule has 3 nitrogen and oxygen atoms in total. The van der Waals surface area contributed by atoms with Gasteiger partial charge in [-0.3, -0.25) is 4.79 Å². The van der Waals surface area contributed by atoms with Gasteiger partial charge in [-0.15, -0.1) is 0 Å². The van der Waals surface area contributed by atoms with Crippen molar-refractivity contribution >= 4 is 11.8 Å². The Morgan fingerprint density at radius 1 is 1.00 bits per heavy atom. The summed E-state index contributed by atoms with van der Waals surface area (Å²) in [6.45, 7) is 2.35. The molecule has 134 valence electrons. The predicted molar refractivity (Wildman–Crippen MR) is 104 cm³/mol. The summed E-state index contributed by atoms with van der Waals surface area (Å²) in [6, 6.07) is 20.0. The topological polar surface area (TPSA) is 30.7 Å². The molecule has 0 aliphatic carbocycles. The number of aryl methyl sites for hydroxylation is 1. The fraction of sp³-hybridized carbons (Fsp3) is 0.0870. The molecule has 0 saturated heterocycles. The van der Waals surface area contributed by atoms with Crippen LogP contribution in [0.3, 0.4) is 0 Å². The Balaban J connectivity index is 1.80. The maximum absolute atomic E-state index is 14.0. The van der Waals surface area contributed by atoms with Crippen LogP contribution < -0.4 is 4.74 Å². The molecule has 0 atom stereocenters. The van der Waals surface area contributed by atoms with E-state index >= 15 is 0 Å². The molecule has 0 saturated carbocycles. The van der Waals surface area contributed by atoms with Crippen molar-refractivity contribution in [3.63, 3.8) is 0 Å². The van der Waals surface area contributed by atoms with Crippen molar-refractivity contribution in [2.45, 2.75) is 13.5 Å². The number of pyridine rings is 1. The molecule has 0 radical (unpaired) electrons. The van der Waals surface area contributed by atoms with Crippen molar-refractivity contribution in [1.29, 1.82) is 0 Å². The lowest BCUT2D eigenvalue weighted by molar-refractivity contribution is 0.111. The number of rotatable bonds is 5. The minimum absolute atomic E-state index is 0.363. The molecule has 27 heavy (non-hydrogen) atoms. The Labute approximate surface area is 156 Å². The van der Waals surface area contributed by atoms with E-state index in [9.17, 15) is 9.18 Å². The minimum Gasteiger partial charge on any atom is -0.488 e. The average Bonchev–Trinajstić information content (AvgIpc) is 3.05. The quantitative estimate of drug-likeness (QED) is 0.444. The number of ether oxygens (including phenoxy) is 1. The van der Waals surface area contributed by atoms with Crippen LogP contribution in [0.1, 0.15) is 21.6 Å². The smallest absolute Gasteiger partial charge is 0.167 e. The Bertz CT molecular complexity index is 1120. The summed E-state index contributed by atoms with van der Waals surface area (Å²) in [5, 5.41) is 0. The van der Waals surface area contributed by atoms with E-state index in [0.29, 0.717) is 29.2 Å². The molecule has 0 aliphatic rings. The van der Waals surface area contributed by atoms with Gasteiger partial charge >= 0.3 is 0 Å². The molecule has 4 rings (SSSR count). The number of aromatic nitrogens is 1. The van der Waals surface area contributed by atoms with Gasteiger partial charge in [0.25, 0.3) is 0 Å². The highest BCUT2D eigenvalue weighted by atomic mass is 19.1. The summed E-state index contributed by atoms with van der Waals surface area (Å²) in [6.07, 6.45) is 2.64. The number of hydrogen-bond donors (Lipinski definition) is 0. The van der Waals surface area contributed by atoms with Gasteiger partial charge in [0.2, 0.25) is 0 Å². The monoisotopic (exact) mass is 359 g/mol. The van der Waals surface area contributed by atoms with E-state index < -0.39 is 0 Å². The average molecular weight is 359 g/mol. The first-order valence-electron chi connectivity index (χ1n) is 8.69. The Kier molecular flexibility index (Phi) is 4.47. The van der Waals surface area contributed by atoms with E-state index in [-0.39, 0.29) is 5.82 Å². The lowest BCUT2D eigenvalue weighted by Gasteiger charge is -2.12. The third-order valence-corrected chi connectivity index (χ3v) is 4.55. The van der Waals surface area contributed by atoms with Crippen molar-refractivity contribution in [2.75, 3.05) is 0 Å². The molecule has 4 aromatic rings. The van der Waals surface area contributed by atoms with Crippen LogP contribution in [0.25, 0.3) is 16.6 Å². The van der Waals surface area contributed by atoms with E-state index in [0.717, 1.165) is 22.9 Å². The Morgan fingerprint density at radius 3 is 2.59 bits per heavy atom. The summed E-state index contributed by atoms with van der Waals surface area (Å²) in [5.41, 5.74) is 4.67. The maximum atomic E-state index is 14.0. The highest BCUT2D eigenvalue weighted by Gasteiger charge is 2.16. The van der Waals surface area contributed by atoms with Crippen molar-refractivity contribution in [3.8, 4) is 16.9 Å². The maximum Gasteiger partial charge on any atom is 0.167 e. The van der Waals surface area contributed by atoms with Gasteiger partial charge in [-0.05, 0) is 54.4 Å². The van der Waals surface area contributed by atoms with Crippen LogP contribution in [0.5, 0.6) is 5.75 Å². The molecule has 0 aliphatic heterocycles. The van der Waals surface area contributed by atoms with Crippen LogP contribution in [-0.2, 0) is 6.61 Å². The van der Waals surface area contributed by atoms with Gasteiger partial charge in [-0.1, -0.05) is 30.3 Å². The third kappa shape index (κ3) is 3.34. The first kappa shape index (κ1) is 17.0. The van der Waals surface area contributed by atoms with E-state index in [1.54, 1.807) is 10.5 Å². The summed E-state index contributed by atoms with van der Waals surface area (Å²) in [5.74, 6) is 0.163. The zero-order chi connectivity index (χ0) is 18.8. The lowest BCUT2D eigenvalue weighted by atomic mass is 10.0. The van der Waals surface area contributed by atoms with Crippen LogP contribution in [0.4, 0.5) is 4.39 Å². The minimum atomic E-state index is -0.375. The number of hydrogen-bond acceptors (Lipinski definition) is 2. The van der Waals surface area contributed by atoms with Gasteiger partial charge in [0.1, 0.15) is 18.2 Å². The highest BCUT2D eigenvalue weighted by molar-refractivity contribution is 5.91. The predicted octanol–water partition coefficient (Wildman–Crippen LogP) is 5.45. The van der Waals surface area contributed by atoms with Crippen LogP contribution >= 0.6 is 0 Å². The molecule has 0 N–H and O–H groups in total. The first-order chi connectivity index (χ1) is 13.2. The molecule has 0 spiro atoms. The van der Waals surface area contributed by atoms with Crippen molar-refractivity contribution in [1.82, 2.24) is 4.40 Å². The van der Waals surface area contributed by atoms with Gasteiger partial charge < -0.3 is 9.14 Å². The Hall–Kier alpha value is -3.40. The molecule has 0 amide bonds. The van der Waals surface area contributed by atoms with Crippen molar-refractivity contribution < 1.29 is 13.9 Å². The molecule has 2 aromatic heterocycles. The zero-order valence-corrected chi connectivity index (χ0v) is 14.9. The third-order valence-electron chi connectivity index (χ3n) is 4.55. The fourth-order valence-corrected chi connectivity index (χ4v) is 3.22. The number of carbonyl (C=O) groups excluding carboxylic acids is 1. The number of benzene rings is 2. The second-order valence-corrected chi connectivity index (χ2v) is 6.47. The molecule has 0 unspecified atom stereocenters. The van der Waals surface area contributed by atoms with Crippen LogP contribution in [-0.4, -0.2) is 10.7 Å². The van der Waals surface area contributed by atoms with E-state index in [1.807, 2.05) is 61.7 Å². The van der Waals surface area contributed by atoms with E-state index in [2.05, 4.69) is 0 Å². The number of aldehydes is 1. The molecular formula is C23H18FNO2. The Morgan fingerprint density at radius 2 is 1.81 bits per heavy atom. The first-order valence-corrected chi connectivity index (χ1v) is 8.69. The summed E-state index contributed by atoms with van der Waals surface area (Å²) < 4.78 is 21.8. The van der Waals surface area contributed by atoms with Crippen LogP contribution in [0.15, 0.2) is 72.9 Å². The second kappa shape index (κ2) is 7.08. The molecule has 4 heteroatoms. The van der Waals surface area contributed by atoms with Crippen molar-refractivity contribution in [3.05, 3.63) is 95.6 Å². The second-order valence-electron chi connectivity index (χ2n) is 6.47. The number of fused-ring (bicyclic) bond motifs is 1. The van der Waals surface area contributed by atoms with Gasteiger partial charge in [0.15, 0.2) is 6.29 Å². The normalized spacial score (nSPS) is 10.9. The highest BCUT2D eigenvalue weighted by Crippen LogP contribution is 2.35. The van der Waals surface area contributed by atoms with Gasteiger partial charge in [-0.25, -0.2) is 4.39 Å². The van der Waals surface area contributed by atoms with Gasteiger partial charge in [0.05, 0.1) is 5.69 Å². The molecular weight excluding hydrogens is 341 g/mol. The standard InChI is InChI=1S/C23H18FNO2/c1-16-9-10-25-19(11-16)13-20(22(25)14-26)21-12-18(24)7-8-23(21)27-15-17-5-3-2-4-6-17/h2-14H,15H2,1H3. The molecule has 0 bridgehead atoms. The van der Waals surface area contributed by atoms with Crippen LogP contribution in [0, 0.1) is 12.7 Å². The number of nitrogens with zero attached hydrogens (tertiary/aromatic N) is 1. The van der Waals surface area contributed by atoms with Gasteiger partial charge in [-0.2, -0.15) is 0 Å². The summed E-state index contributed by atoms with van der Waals surface area (Å²) in [4.78, 5) is 11.8. The van der Waals surface area contributed by atoms with E-state index in [4.69, 9.17) is 4.74 Å². The SMILES string of the molecule is Cc1ccn2c(C=O)c(-c3cc(F)ccc3OCc3ccccc3)cc2c1. The van der Waals surface area contributed by atoms with Crippen LogP contribution in [0.2, 0.25) is 0 Å². The summed E-state index contributed by atoms with van der Waals surface area (Å²) >= 11 is 0. The summed E-state index contributed by atoms with van der Waals surface area (Å²) in [7, 11) is 0. The molecule has 0 fully saturated rings. The van der Waals surface area contributed by atoms with Crippen molar-refractivity contribution in [2.24, 2.45) is 0 Å². The number of halogens is 1. The number of carbonyl (C=O) groups is 1. The zero-order valence-electron chi connectivity index (χ0n) is 14.9. The molecule has 2 heterocycles. The van der Waals surface area contributed by atoms with E-state index in [1.165, 1.54) is 12.1 Å². The lowest BCUT2D eigenvalue weighted by Crippen LogP contribution is -1.98. The largest absolute Gasteiger partial charge is 0.488 e.